The molecule has 0 bridgehead atoms. The maximum Gasteiger partial charge on any atom is 0.416 e. The topological polar surface area (TPSA) is 37.3 Å². The van der Waals surface area contributed by atoms with Crippen LogP contribution in [-0.2, 0) is 19.3 Å². The Balaban J connectivity index is 1.76. The van der Waals surface area contributed by atoms with E-state index >= 15 is 0 Å². The van der Waals surface area contributed by atoms with E-state index in [2.05, 4.69) is 5.32 Å². The van der Waals surface area contributed by atoms with Crippen molar-refractivity contribution in [2.75, 3.05) is 11.9 Å². The van der Waals surface area contributed by atoms with Gasteiger partial charge in [-0.25, -0.2) is 9.18 Å². The lowest BCUT2D eigenvalue weighted by Gasteiger charge is -2.24. The molecule has 2 aromatic carbocycles. The van der Waals surface area contributed by atoms with Crippen molar-refractivity contribution in [2.45, 2.75) is 39.0 Å². The highest BCUT2D eigenvalue weighted by atomic mass is 35.5. The van der Waals surface area contributed by atoms with Crippen molar-refractivity contribution in [3.8, 4) is 0 Å². The number of carbonyl (C=O) groups is 1. The Labute approximate surface area is 194 Å². The van der Waals surface area contributed by atoms with Gasteiger partial charge in [-0.2, -0.15) is 13.2 Å². The first-order chi connectivity index (χ1) is 15.7. The smallest absolute Gasteiger partial charge is 0.345 e. The van der Waals surface area contributed by atoms with E-state index in [4.69, 9.17) is 11.6 Å². The van der Waals surface area contributed by atoms with Gasteiger partial charge in [0, 0.05) is 30.7 Å². The average Bonchev–Trinajstić information content (AvgIpc) is 3.19. The summed E-state index contributed by atoms with van der Waals surface area (Å²) in [6, 6.07) is 12.4. The highest BCUT2D eigenvalue weighted by molar-refractivity contribution is 6.31. The van der Waals surface area contributed by atoms with Gasteiger partial charge in [0.1, 0.15) is 5.82 Å². The maximum absolute atomic E-state index is 13.4. The average molecular weight is 482 g/mol. The highest BCUT2D eigenvalue weighted by Crippen LogP contribution is 2.30. The second kappa shape index (κ2) is 10.7. The van der Waals surface area contributed by atoms with Crippen molar-refractivity contribution in [3.63, 3.8) is 0 Å². The fourth-order valence-corrected chi connectivity index (χ4v) is 3.54. The lowest BCUT2D eigenvalue weighted by molar-refractivity contribution is -0.137. The number of anilines is 1. The number of aromatic nitrogens is 1. The van der Waals surface area contributed by atoms with Gasteiger partial charge in [0.2, 0.25) is 0 Å². The summed E-state index contributed by atoms with van der Waals surface area (Å²) >= 11 is 5.80. The predicted molar refractivity (Wildman–Crippen MR) is 121 cm³/mol. The van der Waals surface area contributed by atoms with Crippen LogP contribution in [-0.4, -0.2) is 22.0 Å². The molecule has 0 aliphatic heterocycles. The monoisotopic (exact) mass is 481 g/mol. The molecule has 1 aromatic heterocycles. The zero-order chi connectivity index (χ0) is 24.0. The molecule has 0 atom stereocenters. The number of nitrogens with zero attached hydrogens (tertiary/aromatic N) is 2. The minimum atomic E-state index is -4.41. The molecule has 3 aromatic rings. The third kappa shape index (κ3) is 6.74. The summed E-state index contributed by atoms with van der Waals surface area (Å²) in [5.74, 6) is -0.579. The first kappa shape index (κ1) is 24.6. The van der Waals surface area contributed by atoms with Crippen molar-refractivity contribution >= 4 is 23.3 Å². The van der Waals surface area contributed by atoms with Gasteiger partial charge in [0.05, 0.1) is 17.1 Å². The van der Waals surface area contributed by atoms with Gasteiger partial charge in [-0.15, -0.1) is 0 Å². The van der Waals surface area contributed by atoms with Crippen LogP contribution >= 0.6 is 11.6 Å². The van der Waals surface area contributed by atoms with E-state index in [9.17, 15) is 22.4 Å². The Bertz CT molecular complexity index is 1100. The lowest BCUT2D eigenvalue weighted by Crippen LogP contribution is -2.36. The number of amides is 2. The van der Waals surface area contributed by atoms with E-state index in [-0.39, 0.29) is 24.1 Å². The number of hydrogen-bond donors (Lipinski definition) is 1. The van der Waals surface area contributed by atoms with Crippen LogP contribution in [0.4, 0.5) is 28.0 Å². The number of halogens is 5. The van der Waals surface area contributed by atoms with Crippen LogP contribution in [0.5, 0.6) is 0 Å². The summed E-state index contributed by atoms with van der Waals surface area (Å²) in [6.07, 6.45) is -0.998. The molecule has 0 saturated carbocycles. The molecule has 9 heteroatoms. The van der Waals surface area contributed by atoms with E-state index in [1.54, 1.807) is 23.2 Å². The summed E-state index contributed by atoms with van der Waals surface area (Å²) in [7, 11) is 0. The van der Waals surface area contributed by atoms with Gasteiger partial charge in [0.25, 0.3) is 0 Å². The summed E-state index contributed by atoms with van der Waals surface area (Å²) in [5.41, 5.74) is 0.950. The second-order valence-corrected chi connectivity index (χ2v) is 8.07. The number of hydrogen-bond acceptors (Lipinski definition) is 1. The van der Waals surface area contributed by atoms with E-state index in [0.717, 1.165) is 30.7 Å². The Morgan fingerprint density at radius 2 is 1.91 bits per heavy atom. The molecule has 0 aliphatic rings. The number of alkyl halides is 3. The molecule has 4 nitrogen and oxygen atoms in total. The second-order valence-electron chi connectivity index (χ2n) is 7.66. The number of rotatable bonds is 8. The van der Waals surface area contributed by atoms with Crippen LogP contribution in [0.25, 0.3) is 0 Å². The maximum atomic E-state index is 13.4. The van der Waals surface area contributed by atoms with Crippen molar-refractivity contribution in [1.82, 2.24) is 9.47 Å². The Morgan fingerprint density at radius 3 is 2.61 bits per heavy atom. The highest BCUT2D eigenvalue weighted by Gasteiger charge is 2.30. The molecule has 0 radical (unpaired) electrons. The molecule has 1 N–H and O–H groups in total. The van der Waals surface area contributed by atoms with E-state index in [1.165, 1.54) is 24.3 Å². The standard InChI is InChI=1S/C24H24ClF4N3O/c1-2-3-11-32(23(33)30-19-9-10-22(26)21(25)14-19)16-20-8-5-12-31(20)15-17-6-4-7-18(13-17)24(27,28)29/h4-10,12-14H,2-3,11,15-16H2,1H3,(H,30,33). The largest absolute Gasteiger partial charge is 0.416 e. The predicted octanol–water partition coefficient (Wildman–Crippen LogP) is 7.18. The van der Waals surface area contributed by atoms with Gasteiger partial charge in [-0.05, 0) is 54.4 Å². The summed E-state index contributed by atoms with van der Waals surface area (Å²) in [4.78, 5) is 14.5. The van der Waals surface area contributed by atoms with Crippen LogP contribution in [0, 0.1) is 5.82 Å². The molecule has 2 amide bonds. The first-order valence-electron chi connectivity index (χ1n) is 10.5. The molecule has 0 aliphatic carbocycles. The first-order valence-corrected chi connectivity index (χ1v) is 10.9. The zero-order valence-corrected chi connectivity index (χ0v) is 18.8. The van der Waals surface area contributed by atoms with E-state index in [1.807, 2.05) is 17.6 Å². The molecule has 33 heavy (non-hydrogen) atoms. The minimum Gasteiger partial charge on any atom is -0.345 e. The molecular weight excluding hydrogens is 458 g/mol. The van der Waals surface area contributed by atoms with Gasteiger partial charge >= 0.3 is 12.2 Å². The molecule has 176 valence electrons. The van der Waals surface area contributed by atoms with Gasteiger partial charge in [-0.1, -0.05) is 37.1 Å². The molecular formula is C24H24ClF4N3O. The molecule has 0 fully saturated rings. The fraction of sp³-hybridized carbons (Fsp3) is 0.292. The van der Waals surface area contributed by atoms with Crippen LogP contribution in [0.3, 0.4) is 0 Å². The third-order valence-electron chi connectivity index (χ3n) is 5.12. The van der Waals surface area contributed by atoms with Gasteiger partial charge < -0.3 is 14.8 Å². The van der Waals surface area contributed by atoms with Gasteiger partial charge in [0.15, 0.2) is 0 Å². The van der Waals surface area contributed by atoms with E-state index < -0.39 is 17.6 Å². The number of carbonyl (C=O) groups excluding carboxylic acids is 1. The van der Waals surface area contributed by atoms with Crippen LogP contribution in [0.15, 0.2) is 60.8 Å². The van der Waals surface area contributed by atoms with Crippen molar-refractivity contribution in [3.05, 3.63) is 88.5 Å². The molecule has 0 unspecified atom stereocenters. The number of benzene rings is 2. The van der Waals surface area contributed by atoms with Crippen LogP contribution in [0.1, 0.15) is 36.6 Å². The number of nitrogens with one attached hydrogen (secondary N) is 1. The van der Waals surface area contributed by atoms with E-state index in [0.29, 0.717) is 17.8 Å². The third-order valence-corrected chi connectivity index (χ3v) is 5.41. The minimum absolute atomic E-state index is 0.0946. The molecule has 0 saturated heterocycles. The van der Waals surface area contributed by atoms with Crippen molar-refractivity contribution in [1.29, 1.82) is 0 Å². The molecule has 3 rings (SSSR count). The number of unbranched alkanes of at least 4 members (excludes halogenated alkanes) is 1. The van der Waals surface area contributed by atoms with Crippen molar-refractivity contribution in [2.24, 2.45) is 0 Å². The lowest BCUT2D eigenvalue weighted by atomic mass is 10.1. The summed E-state index contributed by atoms with van der Waals surface area (Å²) in [6.45, 7) is 2.98. The Kier molecular flexibility index (Phi) is 8.02. The Hall–Kier alpha value is -3.00. The van der Waals surface area contributed by atoms with Crippen LogP contribution < -0.4 is 5.32 Å². The zero-order valence-electron chi connectivity index (χ0n) is 18.0. The summed E-state index contributed by atoms with van der Waals surface area (Å²) in [5, 5.41) is 2.63. The normalized spacial score (nSPS) is 11.5. The molecule has 0 spiro atoms. The number of urea groups is 1. The van der Waals surface area contributed by atoms with Crippen LogP contribution in [0.2, 0.25) is 5.02 Å². The Morgan fingerprint density at radius 1 is 1.12 bits per heavy atom. The fourth-order valence-electron chi connectivity index (χ4n) is 3.36. The summed E-state index contributed by atoms with van der Waals surface area (Å²) < 4.78 is 54.4. The van der Waals surface area contributed by atoms with Gasteiger partial charge in [-0.3, -0.25) is 0 Å². The quantitative estimate of drug-likeness (QED) is 0.340. The molecule has 1 heterocycles. The SMILES string of the molecule is CCCCN(Cc1cccn1Cc1cccc(C(F)(F)F)c1)C(=O)Nc1ccc(F)c(Cl)c1. The van der Waals surface area contributed by atoms with Crippen molar-refractivity contribution < 1.29 is 22.4 Å².